The molecule has 0 fully saturated rings. The zero-order valence-corrected chi connectivity index (χ0v) is 21.1. The van der Waals surface area contributed by atoms with Crippen LogP contribution in [0.2, 0.25) is 0 Å². The number of hydrogen-bond donors (Lipinski definition) is 0. The first-order valence-corrected chi connectivity index (χ1v) is 12.6. The van der Waals surface area contributed by atoms with Gasteiger partial charge in [0, 0.05) is 23.2 Å². The van der Waals surface area contributed by atoms with Crippen molar-refractivity contribution in [1.82, 2.24) is 14.7 Å². The molecule has 4 aromatic carbocycles. The summed E-state index contributed by atoms with van der Waals surface area (Å²) in [6.07, 6.45) is -0.950. The van der Waals surface area contributed by atoms with Gasteiger partial charge in [-0.25, -0.2) is 13.9 Å². The fourth-order valence-corrected chi connectivity index (χ4v) is 4.93. The standard InChI is InChI=1S/C32H24FN3O3/c1-21-28(29(23-10-4-2-5-11-23)34-36(21)25-12-6-3-7-13-25)32(38)39-31-27-15-9-8-14-26(27)30(37)35(31)20-22-16-18-24(33)19-17-22/h2-19,31H,20H2,1H3/t31-/m1/s1. The van der Waals surface area contributed by atoms with E-state index in [0.29, 0.717) is 28.1 Å². The molecule has 0 radical (unpaired) electrons. The number of hydrogen-bond acceptors (Lipinski definition) is 4. The number of esters is 1. The number of para-hydroxylation sites is 1. The first-order chi connectivity index (χ1) is 19.0. The summed E-state index contributed by atoms with van der Waals surface area (Å²) in [7, 11) is 0. The molecule has 192 valence electrons. The van der Waals surface area contributed by atoms with Gasteiger partial charge in [-0.05, 0) is 42.8 Å². The zero-order chi connectivity index (χ0) is 26.9. The molecule has 1 aliphatic rings. The Morgan fingerprint density at radius 1 is 0.872 bits per heavy atom. The van der Waals surface area contributed by atoms with Gasteiger partial charge in [0.05, 0.1) is 11.4 Å². The lowest BCUT2D eigenvalue weighted by atomic mass is 10.1. The normalized spacial score (nSPS) is 14.4. The maximum atomic E-state index is 14.0. The molecule has 0 bridgehead atoms. The average molecular weight is 518 g/mol. The first kappa shape index (κ1) is 24.3. The molecule has 1 aliphatic heterocycles. The summed E-state index contributed by atoms with van der Waals surface area (Å²) in [6, 6.07) is 32.0. The van der Waals surface area contributed by atoms with Gasteiger partial charge in [-0.2, -0.15) is 5.10 Å². The number of ether oxygens (including phenoxy) is 1. The van der Waals surface area contributed by atoms with E-state index < -0.39 is 12.2 Å². The van der Waals surface area contributed by atoms with E-state index >= 15 is 0 Å². The second-order valence-electron chi connectivity index (χ2n) is 9.33. The predicted octanol–water partition coefficient (Wildman–Crippen LogP) is 6.50. The summed E-state index contributed by atoms with van der Waals surface area (Å²) in [6.45, 7) is 1.98. The third kappa shape index (κ3) is 4.48. The fraction of sp³-hybridized carbons (Fsp3) is 0.0938. The van der Waals surface area contributed by atoms with Crippen molar-refractivity contribution < 1.29 is 18.7 Å². The van der Waals surface area contributed by atoms with Crippen LogP contribution in [0.4, 0.5) is 4.39 Å². The van der Waals surface area contributed by atoms with Gasteiger partial charge in [0.15, 0.2) is 0 Å². The van der Waals surface area contributed by atoms with Crippen molar-refractivity contribution in [3.8, 4) is 16.9 Å². The summed E-state index contributed by atoms with van der Waals surface area (Å²) in [5, 5.41) is 4.80. The molecule has 39 heavy (non-hydrogen) atoms. The van der Waals surface area contributed by atoms with Crippen molar-refractivity contribution >= 4 is 11.9 Å². The average Bonchev–Trinajstić information content (AvgIpc) is 3.45. The number of amides is 1. The predicted molar refractivity (Wildman–Crippen MR) is 145 cm³/mol. The molecule has 0 unspecified atom stereocenters. The maximum Gasteiger partial charge on any atom is 0.344 e. The Balaban J connectivity index is 1.41. The zero-order valence-electron chi connectivity index (χ0n) is 21.1. The van der Waals surface area contributed by atoms with Crippen LogP contribution in [0.15, 0.2) is 109 Å². The lowest BCUT2D eigenvalue weighted by Crippen LogP contribution is -2.30. The van der Waals surface area contributed by atoms with Crippen molar-refractivity contribution in [3.05, 3.63) is 143 Å². The minimum Gasteiger partial charge on any atom is -0.433 e. The Hall–Kier alpha value is -5.04. The smallest absolute Gasteiger partial charge is 0.344 e. The van der Waals surface area contributed by atoms with E-state index in [4.69, 9.17) is 9.84 Å². The van der Waals surface area contributed by atoms with Crippen LogP contribution in [0.5, 0.6) is 0 Å². The van der Waals surface area contributed by atoms with Crippen molar-refractivity contribution in [3.63, 3.8) is 0 Å². The Labute approximate surface area is 224 Å². The highest BCUT2D eigenvalue weighted by Crippen LogP contribution is 2.37. The summed E-state index contributed by atoms with van der Waals surface area (Å²) in [5.74, 6) is -1.21. The van der Waals surface area contributed by atoms with Crippen LogP contribution < -0.4 is 0 Å². The van der Waals surface area contributed by atoms with Crippen LogP contribution in [0, 0.1) is 12.7 Å². The Morgan fingerprint density at radius 2 is 1.51 bits per heavy atom. The van der Waals surface area contributed by atoms with Crippen molar-refractivity contribution in [1.29, 1.82) is 0 Å². The molecule has 6 nitrogen and oxygen atoms in total. The second kappa shape index (κ2) is 10.0. The minimum atomic E-state index is -0.950. The third-order valence-corrected chi connectivity index (χ3v) is 6.85. The number of rotatable bonds is 6. The molecule has 5 aromatic rings. The topological polar surface area (TPSA) is 64.4 Å². The highest BCUT2D eigenvalue weighted by atomic mass is 19.1. The van der Waals surface area contributed by atoms with Gasteiger partial charge in [-0.3, -0.25) is 9.69 Å². The molecule has 7 heteroatoms. The van der Waals surface area contributed by atoms with Crippen LogP contribution >= 0.6 is 0 Å². The van der Waals surface area contributed by atoms with Gasteiger partial charge in [0.2, 0.25) is 6.23 Å². The molecule has 1 amide bonds. The van der Waals surface area contributed by atoms with Crippen molar-refractivity contribution in [2.75, 3.05) is 0 Å². The van der Waals surface area contributed by atoms with Crippen molar-refractivity contribution in [2.24, 2.45) is 0 Å². The van der Waals surface area contributed by atoms with E-state index in [1.807, 2.05) is 73.7 Å². The van der Waals surface area contributed by atoms with Gasteiger partial charge in [0.1, 0.15) is 17.1 Å². The molecule has 0 aliphatic carbocycles. The molecular weight excluding hydrogens is 493 g/mol. The van der Waals surface area contributed by atoms with E-state index in [1.54, 1.807) is 35.0 Å². The monoisotopic (exact) mass is 517 g/mol. The van der Waals surface area contributed by atoms with E-state index in [0.717, 1.165) is 16.8 Å². The quantitative estimate of drug-likeness (QED) is 0.241. The van der Waals surface area contributed by atoms with E-state index in [1.165, 1.54) is 17.0 Å². The van der Waals surface area contributed by atoms with Gasteiger partial charge in [-0.1, -0.05) is 78.9 Å². The number of benzene rings is 4. The molecule has 6 rings (SSSR count). The largest absolute Gasteiger partial charge is 0.433 e. The Bertz CT molecular complexity index is 1660. The Kier molecular flexibility index (Phi) is 6.25. The maximum absolute atomic E-state index is 14.0. The van der Waals surface area contributed by atoms with Gasteiger partial charge < -0.3 is 4.74 Å². The molecule has 0 saturated carbocycles. The summed E-state index contributed by atoms with van der Waals surface area (Å²) in [5.41, 5.74) is 4.81. The van der Waals surface area contributed by atoms with E-state index in [-0.39, 0.29) is 18.3 Å². The van der Waals surface area contributed by atoms with Crippen LogP contribution in [-0.2, 0) is 11.3 Å². The lowest BCUT2D eigenvalue weighted by Gasteiger charge is -2.25. The molecule has 0 spiro atoms. The highest BCUT2D eigenvalue weighted by molar-refractivity contribution is 6.01. The molecule has 2 heterocycles. The molecule has 0 saturated heterocycles. The first-order valence-electron chi connectivity index (χ1n) is 12.6. The third-order valence-electron chi connectivity index (χ3n) is 6.85. The molecular formula is C32H24FN3O3. The number of nitrogens with zero attached hydrogens (tertiary/aromatic N) is 3. The van der Waals surface area contributed by atoms with Gasteiger partial charge >= 0.3 is 5.97 Å². The van der Waals surface area contributed by atoms with Crippen molar-refractivity contribution in [2.45, 2.75) is 19.7 Å². The van der Waals surface area contributed by atoms with Gasteiger partial charge in [-0.15, -0.1) is 0 Å². The van der Waals surface area contributed by atoms with Gasteiger partial charge in [0.25, 0.3) is 5.91 Å². The minimum absolute atomic E-state index is 0.152. The fourth-order valence-electron chi connectivity index (χ4n) is 4.93. The van der Waals surface area contributed by atoms with Crippen LogP contribution in [0.1, 0.15) is 43.8 Å². The van der Waals surface area contributed by atoms with Crippen LogP contribution in [0.25, 0.3) is 16.9 Å². The molecule has 1 atom stereocenters. The number of aromatic nitrogens is 2. The van der Waals surface area contributed by atoms with E-state index in [9.17, 15) is 14.0 Å². The SMILES string of the molecule is Cc1c(C(=O)O[C@@H]2c3ccccc3C(=O)N2Cc2ccc(F)cc2)c(-c2ccccc2)nn1-c1ccccc1. The summed E-state index contributed by atoms with van der Waals surface area (Å²) in [4.78, 5) is 28.8. The molecule has 1 aromatic heterocycles. The Morgan fingerprint density at radius 3 is 2.23 bits per heavy atom. The second-order valence-corrected chi connectivity index (χ2v) is 9.33. The highest BCUT2D eigenvalue weighted by Gasteiger charge is 2.40. The number of carbonyl (C=O) groups is 2. The summed E-state index contributed by atoms with van der Waals surface area (Å²) < 4.78 is 21.4. The van der Waals surface area contributed by atoms with E-state index in [2.05, 4.69) is 0 Å². The van der Waals surface area contributed by atoms with Crippen LogP contribution in [-0.4, -0.2) is 26.6 Å². The van der Waals surface area contributed by atoms with Crippen LogP contribution in [0.3, 0.4) is 0 Å². The number of halogens is 1. The lowest BCUT2D eigenvalue weighted by molar-refractivity contribution is -0.0211. The molecule has 0 N–H and O–H groups in total. The number of carbonyl (C=O) groups excluding carboxylic acids is 2. The summed E-state index contributed by atoms with van der Waals surface area (Å²) >= 11 is 0. The number of fused-ring (bicyclic) bond motifs is 1.